The maximum atomic E-state index is 5.67. The van der Waals surface area contributed by atoms with Crippen molar-refractivity contribution in [3.05, 3.63) is 29.3 Å². The molecule has 0 aliphatic carbocycles. The van der Waals surface area contributed by atoms with Gasteiger partial charge in [0.2, 0.25) is 0 Å². The van der Waals surface area contributed by atoms with Gasteiger partial charge >= 0.3 is 0 Å². The van der Waals surface area contributed by atoms with Crippen molar-refractivity contribution in [3.8, 4) is 0 Å². The van der Waals surface area contributed by atoms with E-state index in [2.05, 4.69) is 29.3 Å². The number of likely N-dealkylation sites (tertiary alicyclic amines) is 1. The van der Waals surface area contributed by atoms with Gasteiger partial charge in [-0.2, -0.15) is 0 Å². The Morgan fingerprint density at radius 1 is 1.42 bits per heavy atom. The third-order valence-corrected chi connectivity index (χ3v) is 4.08. The summed E-state index contributed by atoms with van der Waals surface area (Å²) >= 11 is 5.02. The Labute approximate surface area is 121 Å². The van der Waals surface area contributed by atoms with Gasteiger partial charge in [0.25, 0.3) is 0 Å². The molecule has 3 N–H and O–H groups in total. The van der Waals surface area contributed by atoms with Crippen LogP contribution in [-0.4, -0.2) is 35.6 Å². The van der Waals surface area contributed by atoms with E-state index in [4.69, 9.17) is 18.0 Å². The molecule has 1 saturated heterocycles. The largest absolute Gasteiger partial charge is 0.389 e. The van der Waals surface area contributed by atoms with Gasteiger partial charge in [0.1, 0.15) is 4.99 Å². The van der Waals surface area contributed by atoms with E-state index < -0.39 is 0 Å². The van der Waals surface area contributed by atoms with Crippen molar-refractivity contribution < 1.29 is 0 Å². The number of aryl methyl sites for hydroxylation is 1. The molecule has 0 amide bonds. The highest BCUT2D eigenvalue weighted by atomic mass is 32.1. The molecular weight excluding hydrogens is 254 g/mol. The third-order valence-electron chi connectivity index (χ3n) is 3.86. The van der Waals surface area contributed by atoms with Crippen molar-refractivity contribution in [2.45, 2.75) is 32.7 Å². The first-order valence-corrected chi connectivity index (χ1v) is 7.37. The molecule has 0 spiro atoms. The number of rotatable bonds is 5. The molecule has 1 aromatic carbocycles. The molecule has 1 aromatic rings. The van der Waals surface area contributed by atoms with Gasteiger partial charge < -0.3 is 11.1 Å². The van der Waals surface area contributed by atoms with E-state index in [0.717, 1.165) is 23.4 Å². The molecule has 1 aliphatic rings. The predicted molar refractivity (Wildman–Crippen MR) is 85.8 cm³/mol. The summed E-state index contributed by atoms with van der Waals surface area (Å²) in [7, 11) is 0. The van der Waals surface area contributed by atoms with Crippen LogP contribution in [-0.2, 0) is 0 Å². The molecule has 1 atom stereocenters. The maximum Gasteiger partial charge on any atom is 0.104 e. The fourth-order valence-corrected chi connectivity index (χ4v) is 2.86. The number of nitrogens with zero attached hydrogens (tertiary/aromatic N) is 1. The van der Waals surface area contributed by atoms with Gasteiger partial charge in [-0.15, -0.1) is 0 Å². The quantitative estimate of drug-likeness (QED) is 0.812. The zero-order valence-electron chi connectivity index (χ0n) is 11.8. The summed E-state index contributed by atoms with van der Waals surface area (Å²) in [6.45, 7) is 7.79. The molecule has 0 aromatic heterocycles. The third kappa shape index (κ3) is 3.67. The summed E-state index contributed by atoms with van der Waals surface area (Å²) in [4.78, 5) is 3.01. The number of hydrogen-bond donors (Lipinski definition) is 2. The highest BCUT2D eigenvalue weighted by Crippen LogP contribution is 2.16. The minimum absolute atomic E-state index is 0.467. The number of thiocarbonyl (C=S) groups is 1. The van der Waals surface area contributed by atoms with Crippen molar-refractivity contribution in [3.63, 3.8) is 0 Å². The Kier molecular flexibility index (Phi) is 4.77. The molecule has 1 unspecified atom stereocenters. The molecule has 104 valence electrons. The van der Waals surface area contributed by atoms with Crippen LogP contribution in [0, 0.1) is 6.92 Å². The Morgan fingerprint density at radius 2 is 2.11 bits per heavy atom. The van der Waals surface area contributed by atoms with E-state index >= 15 is 0 Å². The first-order chi connectivity index (χ1) is 9.08. The number of nitrogens with one attached hydrogen (secondary N) is 1. The topological polar surface area (TPSA) is 41.3 Å². The lowest BCUT2D eigenvalue weighted by molar-refractivity contribution is 0.269. The maximum absolute atomic E-state index is 5.67. The average Bonchev–Trinajstić information content (AvgIpc) is 2.89. The van der Waals surface area contributed by atoms with Crippen LogP contribution in [0.15, 0.2) is 18.2 Å². The van der Waals surface area contributed by atoms with E-state index in [-0.39, 0.29) is 0 Å². The van der Waals surface area contributed by atoms with Crippen LogP contribution in [0.2, 0.25) is 0 Å². The second-order valence-corrected chi connectivity index (χ2v) is 5.81. The Balaban J connectivity index is 1.92. The molecule has 4 heteroatoms. The molecule has 1 fully saturated rings. The van der Waals surface area contributed by atoms with Gasteiger partial charge in [0.15, 0.2) is 0 Å². The smallest absolute Gasteiger partial charge is 0.104 e. The standard InChI is InChI=1S/C15H23N3S/c1-11-9-13(5-6-14(11)15(16)19)17-10-12(2)18-7-3-4-8-18/h5-6,9,12,17H,3-4,7-8,10H2,1-2H3,(H2,16,19). The lowest BCUT2D eigenvalue weighted by atomic mass is 10.1. The van der Waals surface area contributed by atoms with Crippen LogP contribution in [0.4, 0.5) is 5.69 Å². The second-order valence-electron chi connectivity index (χ2n) is 5.37. The lowest BCUT2D eigenvalue weighted by Crippen LogP contribution is -2.35. The zero-order chi connectivity index (χ0) is 13.8. The minimum atomic E-state index is 0.467. The fraction of sp³-hybridized carbons (Fsp3) is 0.533. The number of hydrogen-bond acceptors (Lipinski definition) is 3. The van der Waals surface area contributed by atoms with Gasteiger partial charge in [-0.3, -0.25) is 4.90 Å². The predicted octanol–water partition coefficient (Wildman–Crippen LogP) is 2.53. The van der Waals surface area contributed by atoms with Crippen LogP contribution in [0.3, 0.4) is 0 Å². The molecule has 1 aliphatic heterocycles. The van der Waals surface area contributed by atoms with E-state index in [1.165, 1.54) is 25.9 Å². The fourth-order valence-electron chi connectivity index (χ4n) is 2.63. The highest BCUT2D eigenvalue weighted by molar-refractivity contribution is 7.80. The van der Waals surface area contributed by atoms with Gasteiger partial charge in [0.05, 0.1) is 0 Å². The van der Waals surface area contributed by atoms with Crippen LogP contribution >= 0.6 is 12.2 Å². The first-order valence-electron chi connectivity index (χ1n) is 6.96. The summed E-state index contributed by atoms with van der Waals surface area (Å²) in [5, 5.41) is 3.50. The molecule has 0 saturated carbocycles. The number of anilines is 1. The zero-order valence-corrected chi connectivity index (χ0v) is 12.6. The molecule has 1 heterocycles. The summed E-state index contributed by atoms with van der Waals surface area (Å²) in [5.41, 5.74) is 8.91. The van der Waals surface area contributed by atoms with Gasteiger partial charge in [0, 0.05) is 23.8 Å². The average molecular weight is 277 g/mol. The van der Waals surface area contributed by atoms with Crippen LogP contribution < -0.4 is 11.1 Å². The van der Waals surface area contributed by atoms with Gasteiger partial charge in [-0.25, -0.2) is 0 Å². The van der Waals surface area contributed by atoms with Crippen molar-refractivity contribution in [2.24, 2.45) is 5.73 Å². The number of benzene rings is 1. The SMILES string of the molecule is Cc1cc(NCC(C)N2CCCC2)ccc1C(N)=S. The summed E-state index contributed by atoms with van der Waals surface area (Å²) < 4.78 is 0. The van der Waals surface area contributed by atoms with Crippen LogP contribution in [0.25, 0.3) is 0 Å². The Hall–Kier alpha value is -1.13. The van der Waals surface area contributed by atoms with Crippen molar-refractivity contribution in [1.82, 2.24) is 4.90 Å². The molecule has 0 radical (unpaired) electrons. The summed E-state index contributed by atoms with van der Waals surface area (Å²) in [5.74, 6) is 0. The van der Waals surface area contributed by atoms with E-state index in [1.54, 1.807) is 0 Å². The van der Waals surface area contributed by atoms with Crippen molar-refractivity contribution >= 4 is 22.9 Å². The van der Waals surface area contributed by atoms with Gasteiger partial charge in [-0.05, 0) is 63.5 Å². The molecular formula is C15H23N3S. The van der Waals surface area contributed by atoms with Crippen LogP contribution in [0.5, 0.6) is 0 Å². The Morgan fingerprint density at radius 3 is 2.68 bits per heavy atom. The van der Waals surface area contributed by atoms with E-state index in [1.807, 2.05) is 13.0 Å². The normalized spacial score (nSPS) is 17.4. The highest BCUT2D eigenvalue weighted by Gasteiger charge is 2.17. The van der Waals surface area contributed by atoms with Gasteiger partial charge in [-0.1, -0.05) is 12.2 Å². The molecule has 2 rings (SSSR count). The van der Waals surface area contributed by atoms with E-state index in [0.29, 0.717) is 11.0 Å². The number of nitrogens with two attached hydrogens (primary N) is 1. The second kappa shape index (κ2) is 6.35. The lowest BCUT2D eigenvalue weighted by Gasteiger charge is -2.24. The van der Waals surface area contributed by atoms with Crippen molar-refractivity contribution in [2.75, 3.05) is 25.0 Å². The molecule has 19 heavy (non-hydrogen) atoms. The van der Waals surface area contributed by atoms with E-state index in [9.17, 15) is 0 Å². The first kappa shape index (κ1) is 14.3. The summed E-state index contributed by atoms with van der Waals surface area (Å²) in [6, 6.07) is 6.75. The molecule has 0 bridgehead atoms. The molecule has 3 nitrogen and oxygen atoms in total. The minimum Gasteiger partial charge on any atom is -0.389 e. The summed E-state index contributed by atoms with van der Waals surface area (Å²) in [6.07, 6.45) is 2.68. The Bertz CT molecular complexity index is 453. The monoisotopic (exact) mass is 277 g/mol. The van der Waals surface area contributed by atoms with Crippen molar-refractivity contribution in [1.29, 1.82) is 0 Å². The van der Waals surface area contributed by atoms with Crippen LogP contribution in [0.1, 0.15) is 30.9 Å².